The molecule has 92 valence electrons. The molecule has 4 heteroatoms. The molecule has 2 heterocycles. The van der Waals surface area contributed by atoms with Crippen molar-refractivity contribution in [2.24, 2.45) is 0 Å². The summed E-state index contributed by atoms with van der Waals surface area (Å²) in [6.07, 6.45) is 5.15. The van der Waals surface area contributed by atoms with Crippen LogP contribution in [0.1, 0.15) is 11.1 Å². The Hall–Kier alpha value is -2.49. The van der Waals surface area contributed by atoms with Gasteiger partial charge >= 0.3 is 0 Å². The molecular weight excluding hydrogens is 243 g/mol. The number of oxazole rings is 1. The van der Waals surface area contributed by atoms with E-state index in [0.717, 1.165) is 12.0 Å². The zero-order chi connectivity index (χ0) is 12.8. The summed E-state index contributed by atoms with van der Waals surface area (Å²) < 4.78 is 18.5. The van der Waals surface area contributed by atoms with Crippen molar-refractivity contribution in [1.29, 1.82) is 0 Å². The molecule has 0 N–H and O–H groups in total. The van der Waals surface area contributed by atoms with Crippen molar-refractivity contribution in [3.05, 3.63) is 53.5 Å². The summed E-state index contributed by atoms with van der Waals surface area (Å²) in [5.41, 5.74) is 4.16. The number of rotatable bonds is 1. The first kappa shape index (κ1) is 10.4. The molecule has 1 aliphatic carbocycles. The molecule has 0 spiro atoms. The smallest absolute Gasteiger partial charge is 0.250 e. The molecule has 0 bridgehead atoms. The predicted molar refractivity (Wildman–Crippen MR) is 69.9 cm³/mol. The summed E-state index contributed by atoms with van der Waals surface area (Å²) in [4.78, 5) is 8.02. The van der Waals surface area contributed by atoms with Gasteiger partial charge in [-0.15, -0.1) is 0 Å². The summed E-state index contributed by atoms with van der Waals surface area (Å²) in [5, 5.41) is 0. The van der Waals surface area contributed by atoms with Gasteiger partial charge in [-0.25, -0.2) is 4.98 Å². The van der Waals surface area contributed by atoms with E-state index < -0.39 is 5.95 Å². The van der Waals surface area contributed by atoms with Crippen molar-refractivity contribution in [1.82, 2.24) is 9.97 Å². The third-order valence-corrected chi connectivity index (χ3v) is 3.25. The van der Waals surface area contributed by atoms with Crippen LogP contribution in [0.25, 0.3) is 28.8 Å². The lowest BCUT2D eigenvalue weighted by atomic mass is 10.1. The van der Waals surface area contributed by atoms with E-state index in [1.165, 1.54) is 17.2 Å². The summed E-state index contributed by atoms with van der Waals surface area (Å²) in [6, 6.07) is 8.89. The van der Waals surface area contributed by atoms with Crippen molar-refractivity contribution in [2.45, 2.75) is 6.42 Å². The number of benzene rings is 1. The maximum atomic E-state index is 13.0. The van der Waals surface area contributed by atoms with Gasteiger partial charge in [-0.2, -0.15) is 9.37 Å². The molecule has 1 aliphatic rings. The monoisotopic (exact) mass is 252 g/mol. The lowest BCUT2D eigenvalue weighted by Gasteiger charge is -2.00. The Morgan fingerprint density at radius 1 is 1.11 bits per heavy atom. The maximum absolute atomic E-state index is 13.0. The van der Waals surface area contributed by atoms with Crippen LogP contribution in [-0.2, 0) is 6.42 Å². The molecule has 0 saturated heterocycles. The van der Waals surface area contributed by atoms with Crippen molar-refractivity contribution >= 4 is 17.3 Å². The molecule has 0 atom stereocenters. The van der Waals surface area contributed by atoms with Gasteiger partial charge in [0, 0.05) is 5.56 Å². The van der Waals surface area contributed by atoms with Crippen molar-refractivity contribution in [2.75, 3.05) is 0 Å². The number of aromatic nitrogens is 2. The highest BCUT2D eigenvalue weighted by Gasteiger charge is 2.12. The van der Waals surface area contributed by atoms with Crippen molar-refractivity contribution in [3.63, 3.8) is 0 Å². The van der Waals surface area contributed by atoms with Crippen molar-refractivity contribution < 1.29 is 8.81 Å². The molecule has 2 aromatic heterocycles. The van der Waals surface area contributed by atoms with Crippen LogP contribution in [0.15, 0.2) is 40.8 Å². The number of nitrogens with zero attached hydrogens (tertiary/aromatic N) is 2. The predicted octanol–water partition coefficient (Wildman–Crippen LogP) is 3.60. The first-order valence-corrected chi connectivity index (χ1v) is 6.02. The van der Waals surface area contributed by atoms with Gasteiger partial charge in [0.25, 0.3) is 0 Å². The van der Waals surface area contributed by atoms with Crippen LogP contribution in [0.2, 0.25) is 0 Å². The van der Waals surface area contributed by atoms with E-state index >= 15 is 0 Å². The number of allylic oxidation sites excluding steroid dienone is 1. The van der Waals surface area contributed by atoms with Crippen LogP contribution in [0.5, 0.6) is 0 Å². The SMILES string of the molecule is Fc1ccc2nc(-c3ccc4c(c3)CC=C4)oc2n1. The van der Waals surface area contributed by atoms with Gasteiger partial charge in [0.05, 0.1) is 0 Å². The van der Waals surface area contributed by atoms with Crippen LogP contribution >= 0.6 is 0 Å². The quantitative estimate of drug-likeness (QED) is 0.621. The first-order valence-electron chi connectivity index (χ1n) is 6.02. The second kappa shape index (κ2) is 3.75. The van der Waals surface area contributed by atoms with Crippen LogP contribution < -0.4 is 0 Å². The van der Waals surface area contributed by atoms with E-state index in [1.807, 2.05) is 12.1 Å². The van der Waals surface area contributed by atoms with Gasteiger partial charge in [0.15, 0.2) is 0 Å². The average Bonchev–Trinajstić information content (AvgIpc) is 3.02. The topological polar surface area (TPSA) is 38.9 Å². The number of hydrogen-bond acceptors (Lipinski definition) is 3. The standard InChI is InChI=1S/C15H9FN2O/c16-13-7-6-12-15(18-13)19-14(17-12)11-5-4-9-2-1-3-10(9)8-11/h1-2,4-8H,3H2. The number of hydrogen-bond donors (Lipinski definition) is 0. The molecule has 0 fully saturated rings. The first-order chi connectivity index (χ1) is 9.29. The molecule has 3 nitrogen and oxygen atoms in total. The molecule has 0 radical (unpaired) electrons. The molecule has 19 heavy (non-hydrogen) atoms. The fraction of sp³-hybridized carbons (Fsp3) is 0.0667. The van der Waals surface area contributed by atoms with Crippen LogP contribution in [-0.4, -0.2) is 9.97 Å². The van der Waals surface area contributed by atoms with Crippen molar-refractivity contribution in [3.8, 4) is 11.5 Å². The van der Waals surface area contributed by atoms with E-state index in [1.54, 1.807) is 6.07 Å². The molecule has 0 unspecified atom stereocenters. The van der Waals surface area contributed by atoms with E-state index in [4.69, 9.17) is 4.42 Å². The van der Waals surface area contributed by atoms with Crippen LogP contribution in [0.4, 0.5) is 4.39 Å². The van der Waals surface area contributed by atoms with E-state index in [-0.39, 0.29) is 5.71 Å². The fourth-order valence-electron chi connectivity index (χ4n) is 2.31. The second-order valence-corrected chi connectivity index (χ2v) is 4.50. The molecule has 0 amide bonds. The zero-order valence-electron chi connectivity index (χ0n) is 9.93. The zero-order valence-corrected chi connectivity index (χ0v) is 9.93. The third-order valence-electron chi connectivity index (χ3n) is 3.25. The summed E-state index contributed by atoms with van der Waals surface area (Å²) >= 11 is 0. The van der Waals surface area contributed by atoms with Gasteiger partial charge in [0.1, 0.15) is 5.52 Å². The number of fused-ring (bicyclic) bond motifs is 2. The fourth-order valence-corrected chi connectivity index (χ4v) is 2.31. The molecule has 0 aliphatic heterocycles. The molecule has 1 aromatic carbocycles. The lowest BCUT2D eigenvalue weighted by molar-refractivity contribution is 0.559. The Kier molecular flexibility index (Phi) is 2.06. The van der Waals surface area contributed by atoms with E-state index in [2.05, 4.69) is 28.2 Å². The number of pyridine rings is 1. The second-order valence-electron chi connectivity index (χ2n) is 4.50. The van der Waals surface area contributed by atoms with Gasteiger partial charge in [-0.05, 0) is 41.8 Å². The lowest BCUT2D eigenvalue weighted by Crippen LogP contribution is -1.84. The maximum Gasteiger partial charge on any atom is 0.250 e. The Balaban J connectivity index is 1.86. The molecule has 0 saturated carbocycles. The molecular formula is C15H9FN2O. The highest BCUT2D eigenvalue weighted by atomic mass is 19.1. The Morgan fingerprint density at radius 3 is 3.00 bits per heavy atom. The van der Waals surface area contributed by atoms with Crippen LogP contribution in [0.3, 0.4) is 0 Å². The Bertz CT molecular complexity index is 820. The third kappa shape index (κ3) is 1.64. The average molecular weight is 252 g/mol. The minimum absolute atomic E-state index is 0.230. The Labute approximate surface area is 108 Å². The van der Waals surface area contributed by atoms with Crippen LogP contribution in [0, 0.1) is 5.95 Å². The summed E-state index contributed by atoms with van der Waals surface area (Å²) in [5.74, 6) is -0.0869. The highest BCUT2D eigenvalue weighted by molar-refractivity contribution is 5.73. The normalized spacial score (nSPS) is 13.1. The van der Waals surface area contributed by atoms with E-state index in [9.17, 15) is 4.39 Å². The molecule has 3 aromatic rings. The van der Waals surface area contributed by atoms with Gasteiger partial charge in [0.2, 0.25) is 17.6 Å². The largest absolute Gasteiger partial charge is 0.418 e. The molecule has 4 rings (SSSR count). The summed E-state index contributed by atoms with van der Waals surface area (Å²) in [7, 11) is 0. The van der Waals surface area contributed by atoms with Gasteiger partial charge in [-0.1, -0.05) is 18.2 Å². The van der Waals surface area contributed by atoms with E-state index in [0.29, 0.717) is 11.4 Å². The highest BCUT2D eigenvalue weighted by Crippen LogP contribution is 2.28. The minimum Gasteiger partial charge on any atom is -0.418 e. The Morgan fingerprint density at radius 2 is 2.05 bits per heavy atom. The minimum atomic E-state index is -0.562. The summed E-state index contributed by atoms with van der Waals surface area (Å²) in [6.45, 7) is 0. The van der Waals surface area contributed by atoms with Gasteiger partial charge < -0.3 is 4.42 Å². The number of halogens is 1. The van der Waals surface area contributed by atoms with Gasteiger partial charge in [-0.3, -0.25) is 0 Å².